The summed E-state index contributed by atoms with van der Waals surface area (Å²) in [6.07, 6.45) is 1.52. The van der Waals surface area contributed by atoms with Gasteiger partial charge in [-0.2, -0.15) is 0 Å². The summed E-state index contributed by atoms with van der Waals surface area (Å²) in [5, 5.41) is 44.6. The normalized spacial score (nSPS) is 16.4. The lowest BCUT2D eigenvalue weighted by Gasteiger charge is -2.33. The number of benzene rings is 5. The van der Waals surface area contributed by atoms with Gasteiger partial charge in [-0.15, -0.1) is 0 Å². The van der Waals surface area contributed by atoms with Gasteiger partial charge in [0.1, 0.15) is 62.4 Å². The molecule has 5 aliphatic rings. The average molecular weight is 1140 g/mol. The highest BCUT2D eigenvalue weighted by Crippen LogP contribution is 2.40. The second-order valence-corrected chi connectivity index (χ2v) is 22.4. The Balaban J connectivity index is 0.000000171. The van der Waals surface area contributed by atoms with Gasteiger partial charge in [0.05, 0.1) is 59.5 Å². The van der Waals surface area contributed by atoms with Crippen molar-refractivity contribution in [3.05, 3.63) is 147 Å². The van der Waals surface area contributed by atoms with Crippen LogP contribution in [-0.4, -0.2) is 189 Å². The first-order valence-corrected chi connectivity index (χ1v) is 29.1. The molecule has 10 rings (SSSR count). The Morgan fingerprint density at radius 3 is 0.927 bits per heavy atom. The van der Waals surface area contributed by atoms with Crippen molar-refractivity contribution in [2.24, 2.45) is 0 Å². The van der Waals surface area contributed by atoms with E-state index in [2.05, 4.69) is 131 Å². The van der Waals surface area contributed by atoms with E-state index in [0.717, 1.165) is 107 Å². The molecule has 0 aliphatic carbocycles. The number of nitrogens with zero attached hydrogens (tertiary/aromatic N) is 5. The van der Waals surface area contributed by atoms with Crippen molar-refractivity contribution < 1.29 is 63.4 Å². The number of rotatable bonds is 25. The molecule has 18 nitrogen and oxygen atoms in total. The zero-order valence-corrected chi connectivity index (χ0v) is 48.8. The summed E-state index contributed by atoms with van der Waals surface area (Å²) in [7, 11) is 0. The summed E-state index contributed by atoms with van der Waals surface area (Å²) in [5.74, 6) is 4.77. The highest BCUT2D eigenvalue weighted by molar-refractivity contribution is 5.50. The summed E-state index contributed by atoms with van der Waals surface area (Å²) >= 11 is 0. The lowest BCUT2D eigenvalue weighted by atomic mass is 9.77. The Bertz CT molecular complexity index is 2600. The number of aliphatic hydroxyl groups excluding tert-OH is 5. The largest absolute Gasteiger partial charge is 0.478 e. The molecule has 0 saturated heterocycles. The molecule has 0 saturated carbocycles. The van der Waals surface area contributed by atoms with Crippen LogP contribution in [0.5, 0.6) is 28.7 Å². The van der Waals surface area contributed by atoms with Crippen molar-refractivity contribution in [3.8, 4) is 28.7 Å². The number of para-hydroxylation sites is 1. The molecule has 0 fully saturated rings. The van der Waals surface area contributed by atoms with Gasteiger partial charge < -0.3 is 63.4 Å². The second kappa shape index (κ2) is 31.5. The number of ether oxygens (including phenoxy) is 8. The first-order valence-electron chi connectivity index (χ1n) is 29.1. The Labute approximate surface area is 485 Å². The predicted molar refractivity (Wildman–Crippen MR) is 313 cm³/mol. The highest BCUT2D eigenvalue weighted by Gasteiger charge is 2.30. The minimum absolute atomic E-state index is 0.0453. The van der Waals surface area contributed by atoms with Gasteiger partial charge >= 0.3 is 0 Å². The predicted octanol–water partition coefficient (Wildman–Crippen LogP) is 6.26. The maximum atomic E-state index is 9.12. The van der Waals surface area contributed by atoms with Crippen LogP contribution < -0.4 is 23.7 Å². The van der Waals surface area contributed by atoms with Crippen LogP contribution in [-0.2, 0) is 57.8 Å². The van der Waals surface area contributed by atoms with Gasteiger partial charge in [-0.25, -0.2) is 0 Å². The third-order valence-corrected chi connectivity index (χ3v) is 15.7. The third kappa shape index (κ3) is 17.3. The number of aliphatic hydroxyl groups is 5. The van der Waals surface area contributed by atoms with E-state index in [9.17, 15) is 0 Å². The molecule has 82 heavy (non-hydrogen) atoms. The van der Waals surface area contributed by atoms with Crippen LogP contribution >= 0.6 is 0 Å². The Hall–Kier alpha value is -5.42. The van der Waals surface area contributed by atoms with Crippen molar-refractivity contribution in [1.82, 2.24) is 24.5 Å². The number of hydrogen-bond donors (Lipinski definition) is 5. The van der Waals surface area contributed by atoms with E-state index in [-0.39, 0.29) is 43.9 Å². The molecule has 0 unspecified atom stereocenters. The second-order valence-electron chi connectivity index (χ2n) is 22.4. The van der Waals surface area contributed by atoms with E-state index in [1.807, 2.05) is 18.2 Å². The molecule has 0 aromatic heterocycles. The maximum absolute atomic E-state index is 9.12. The van der Waals surface area contributed by atoms with Crippen LogP contribution in [0, 0.1) is 0 Å². The van der Waals surface area contributed by atoms with Gasteiger partial charge in [0.25, 0.3) is 0 Å². The standard InChI is InChI=1S/C27H38N2O6.C25H34N2O4.C12H17NO3/c1-27(2,23-3-5-25-21(15-23)17-28(19-34-25)7-11-32-13-9-30)24-4-6-26-22(16-24)18-29(20-35-26)8-12-33-14-10-31;1-25(2,21-5-7-23-19(13-21)15-26(17-30-23)9-3-11-28)22-6-8-24-20(14-22)16-27(18-31-24)10-4-12-29;14-6-8-15-7-5-13-9-11-3-1-2-4-12(11)16-10-13/h3-6,15-16,30-31H,7-14,17-20H2,1-2H3;5-8,13-14,28-29H,3-4,9-12,15-18H2,1-2H3;1-4,14H,5-10H2. The van der Waals surface area contributed by atoms with Crippen molar-refractivity contribution in [1.29, 1.82) is 0 Å². The lowest BCUT2D eigenvalue weighted by molar-refractivity contribution is 0.0388. The zero-order chi connectivity index (χ0) is 57.7. The van der Waals surface area contributed by atoms with E-state index in [0.29, 0.717) is 73.3 Å². The van der Waals surface area contributed by atoms with E-state index in [4.69, 9.17) is 63.4 Å². The molecule has 5 heterocycles. The lowest BCUT2D eigenvalue weighted by Crippen LogP contribution is -2.35. The molecule has 448 valence electrons. The summed E-state index contributed by atoms with van der Waals surface area (Å²) in [6.45, 7) is 23.6. The fraction of sp³-hybridized carbons (Fsp3) is 0.531. The smallest absolute Gasteiger partial charge is 0.142 e. The summed E-state index contributed by atoms with van der Waals surface area (Å²) in [5.41, 5.74) is 10.6. The van der Waals surface area contributed by atoms with Crippen molar-refractivity contribution >= 4 is 0 Å². The Morgan fingerprint density at radius 1 is 0.341 bits per heavy atom. The van der Waals surface area contributed by atoms with Crippen LogP contribution in [0.4, 0.5) is 0 Å². The first-order chi connectivity index (χ1) is 39.9. The van der Waals surface area contributed by atoms with Crippen LogP contribution in [0.3, 0.4) is 0 Å². The maximum Gasteiger partial charge on any atom is 0.142 e. The fourth-order valence-electron chi connectivity index (χ4n) is 10.7. The molecule has 0 spiro atoms. The third-order valence-electron chi connectivity index (χ3n) is 15.7. The minimum Gasteiger partial charge on any atom is -0.478 e. The zero-order valence-electron chi connectivity index (χ0n) is 48.8. The van der Waals surface area contributed by atoms with Crippen LogP contribution in [0.1, 0.15) is 90.6 Å². The topological polar surface area (TPSA) is 191 Å². The van der Waals surface area contributed by atoms with Crippen LogP contribution in [0.25, 0.3) is 0 Å². The molecule has 5 N–H and O–H groups in total. The molecule has 0 amide bonds. The Morgan fingerprint density at radius 2 is 0.622 bits per heavy atom. The SMILES string of the molecule is CC(C)(c1ccc2c(c1)CN(CCCO)CO2)c1ccc2c(c1)CN(CCCO)CO2.CC(C)(c1ccc2c(c1)CN(CCOCCO)CO2)c1ccc2c(c1)CN(CCOCCO)CO2.OCCOCCN1COc2ccccc2C1. The number of fused-ring (bicyclic) bond motifs is 5. The molecule has 5 aromatic carbocycles. The van der Waals surface area contributed by atoms with Gasteiger partial charge in [-0.1, -0.05) is 70.2 Å². The Kier molecular flexibility index (Phi) is 24.0. The molecule has 5 aromatic rings. The molecule has 18 heteroatoms. The first kappa shape index (κ1) is 62.6. The van der Waals surface area contributed by atoms with Crippen LogP contribution in [0.15, 0.2) is 97.1 Å². The van der Waals surface area contributed by atoms with E-state index >= 15 is 0 Å². The molecule has 0 bridgehead atoms. The van der Waals surface area contributed by atoms with E-state index in [1.54, 1.807) is 0 Å². The molecule has 5 aliphatic heterocycles. The number of hydrogen-bond acceptors (Lipinski definition) is 18. The van der Waals surface area contributed by atoms with Crippen LogP contribution in [0.2, 0.25) is 0 Å². The molecular formula is C64H89N5O13. The summed E-state index contributed by atoms with van der Waals surface area (Å²) in [4.78, 5) is 11.1. The molecule has 0 atom stereocenters. The quantitative estimate of drug-likeness (QED) is 0.0411. The van der Waals surface area contributed by atoms with Gasteiger partial charge in [-0.05, 0) is 89.7 Å². The average Bonchev–Trinajstić information content (AvgIpc) is 3.52. The fourth-order valence-corrected chi connectivity index (χ4v) is 10.7. The van der Waals surface area contributed by atoms with Crippen molar-refractivity contribution in [3.63, 3.8) is 0 Å². The molecule has 0 radical (unpaired) electrons. The van der Waals surface area contributed by atoms with Gasteiger partial charge in [0, 0.05) is 117 Å². The van der Waals surface area contributed by atoms with E-state index in [1.165, 1.54) is 50.1 Å². The van der Waals surface area contributed by atoms with Gasteiger partial charge in [0.15, 0.2) is 0 Å². The monoisotopic (exact) mass is 1140 g/mol. The minimum atomic E-state index is -0.191. The molecular weight excluding hydrogens is 1050 g/mol. The van der Waals surface area contributed by atoms with Crippen molar-refractivity contribution in [2.75, 3.05) is 139 Å². The van der Waals surface area contributed by atoms with Gasteiger partial charge in [0.2, 0.25) is 0 Å². The van der Waals surface area contributed by atoms with E-state index < -0.39 is 0 Å². The highest BCUT2D eigenvalue weighted by atomic mass is 16.5. The summed E-state index contributed by atoms with van der Waals surface area (Å²) in [6, 6.07) is 34.2. The van der Waals surface area contributed by atoms with Crippen molar-refractivity contribution in [2.45, 2.75) is 84.1 Å². The summed E-state index contributed by atoms with van der Waals surface area (Å²) < 4.78 is 45.5. The van der Waals surface area contributed by atoms with Gasteiger partial charge in [-0.3, -0.25) is 24.5 Å².